The quantitative estimate of drug-likeness (QED) is 0.289. The van der Waals surface area contributed by atoms with E-state index in [1.54, 1.807) is 36.1 Å². The number of nitrogens with zero attached hydrogens (tertiary/aromatic N) is 1. The summed E-state index contributed by atoms with van der Waals surface area (Å²) in [6, 6.07) is 16.2. The maximum atomic E-state index is 13.0. The molecule has 0 saturated carbocycles. The van der Waals surface area contributed by atoms with E-state index in [9.17, 15) is 14.7 Å². The van der Waals surface area contributed by atoms with Crippen molar-refractivity contribution in [3.8, 4) is 5.75 Å². The van der Waals surface area contributed by atoms with E-state index < -0.39 is 12.0 Å². The number of rotatable bonds is 10. The van der Waals surface area contributed by atoms with E-state index in [2.05, 4.69) is 5.32 Å². The molecule has 2 aromatic heterocycles. The van der Waals surface area contributed by atoms with E-state index >= 15 is 0 Å². The van der Waals surface area contributed by atoms with Crippen molar-refractivity contribution < 1.29 is 19.4 Å². The molecule has 0 fully saturated rings. The number of thiophene rings is 1. The number of aliphatic hydroxyl groups is 1. The van der Waals surface area contributed by atoms with Gasteiger partial charge in [-0.15, -0.1) is 11.3 Å². The molecule has 2 N–H and O–H groups in total. The third-order valence-corrected chi connectivity index (χ3v) is 7.24. The number of aryl methyl sites for hydroxylation is 1. The number of carbonyl (C=O) groups excluding carboxylic acids is 1. The van der Waals surface area contributed by atoms with Crippen molar-refractivity contribution in [2.24, 2.45) is 7.05 Å². The van der Waals surface area contributed by atoms with Crippen LogP contribution in [0.2, 0.25) is 5.02 Å². The topological polar surface area (TPSA) is 89.8 Å². The summed E-state index contributed by atoms with van der Waals surface area (Å²) in [4.78, 5) is 27.4. The SMILES string of the molecule is COc1ccc(C(O)CCOCc2cc3c(=O)c(C(=O)NCc4ccc(Cl)cc4)cn(C)c3s2)cc1. The van der Waals surface area contributed by atoms with Crippen LogP contribution in [-0.4, -0.2) is 29.3 Å². The molecule has 1 amide bonds. The highest BCUT2D eigenvalue weighted by molar-refractivity contribution is 7.18. The van der Waals surface area contributed by atoms with Gasteiger partial charge in [0.15, 0.2) is 0 Å². The van der Waals surface area contributed by atoms with Crippen LogP contribution in [0.4, 0.5) is 0 Å². The number of nitrogens with one attached hydrogen (secondary N) is 1. The Morgan fingerprint density at radius 1 is 1.17 bits per heavy atom. The molecule has 0 aliphatic rings. The van der Waals surface area contributed by atoms with E-state index in [0.29, 0.717) is 36.6 Å². The molecule has 188 valence electrons. The molecule has 0 aliphatic heterocycles. The number of benzene rings is 2. The van der Waals surface area contributed by atoms with Gasteiger partial charge in [0.2, 0.25) is 5.43 Å². The van der Waals surface area contributed by atoms with E-state index in [0.717, 1.165) is 26.6 Å². The van der Waals surface area contributed by atoms with Gasteiger partial charge in [-0.25, -0.2) is 0 Å². The van der Waals surface area contributed by atoms with Crippen LogP contribution in [0.1, 0.15) is 38.9 Å². The van der Waals surface area contributed by atoms with Crippen LogP contribution in [0.5, 0.6) is 5.75 Å². The van der Waals surface area contributed by atoms with E-state index in [1.807, 2.05) is 43.4 Å². The molecule has 1 unspecified atom stereocenters. The number of aromatic nitrogens is 1. The van der Waals surface area contributed by atoms with Crippen LogP contribution in [0.3, 0.4) is 0 Å². The van der Waals surface area contributed by atoms with Gasteiger partial charge in [0, 0.05) is 42.7 Å². The maximum Gasteiger partial charge on any atom is 0.257 e. The van der Waals surface area contributed by atoms with Crippen LogP contribution in [0.25, 0.3) is 10.2 Å². The Morgan fingerprint density at radius 3 is 2.58 bits per heavy atom. The van der Waals surface area contributed by atoms with Gasteiger partial charge in [-0.2, -0.15) is 0 Å². The van der Waals surface area contributed by atoms with Crippen LogP contribution < -0.4 is 15.5 Å². The second-order valence-corrected chi connectivity index (χ2v) is 9.91. The van der Waals surface area contributed by atoms with Gasteiger partial charge in [0.05, 0.1) is 25.2 Å². The standard InChI is InChI=1S/C27H27ClN2O5S/c1-30-15-23(26(33)29-14-17-3-7-19(28)8-4-17)25(32)22-13-21(36-27(22)30)16-35-12-11-24(31)18-5-9-20(34-2)10-6-18/h3-10,13,15,24,31H,11-12,14,16H2,1-2H3,(H,29,33). The summed E-state index contributed by atoms with van der Waals surface area (Å²) >= 11 is 7.35. The molecule has 4 rings (SSSR count). The second-order valence-electron chi connectivity index (χ2n) is 8.35. The van der Waals surface area contributed by atoms with Gasteiger partial charge in [0.1, 0.15) is 16.1 Å². The summed E-state index contributed by atoms with van der Waals surface area (Å²) in [6.45, 7) is 0.963. The predicted octanol–water partition coefficient (Wildman–Crippen LogP) is 4.83. The average molecular weight is 527 g/mol. The molecule has 0 spiro atoms. The normalized spacial score (nSPS) is 12.0. The summed E-state index contributed by atoms with van der Waals surface area (Å²) < 4.78 is 12.7. The molecule has 0 radical (unpaired) electrons. The lowest BCUT2D eigenvalue weighted by Crippen LogP contribution is -2.29. The highest BCUT2D eigenvalue weighted by Crippen LogP contribution is 2.25. The van der Waals surface area contributed by atoms with Gasteiger partial charge in [-0.3, -0.25) is 9.59 Å². The number of halogens is 1. The smallest absolute Gasteiger partial charge is 0.257 e. The molecular formula is C27H27ClN2O5S. The first-order chi connectivity index (χ1) is 17.4. The Morgan fingerprint density at radius 2 is 1.89 bits per heavy atom. The lowest BCUT2D eigenvalue weighted by atomic mass is 10.1. The predicted molar refractivity (Wildman–Crippen MR) is 142 cm³/mol. The van der Waals surface area contributed by atoms with Crippen LogP contribution in [0, 0.1) is 0 Å². The van der Waals surface area contributed by atoms with Crippen LogP contribution in [-0.2, 0) is 24.9 Å². The minimum absolute atomic E-state index is 0.0897. The Balaban J connectivity index is 1.36. The first-order valence-corrected chi connectivity index (χ1v) is 12.6. The lowest BCUT2D eigenvalue weighted by Gasteiger charge is -2.11. The van der Waals surface area contributed by atoms with Crippen molar-refractivity contribution in [2.45, 2.75) is 25.7 Å². The minimum atomic E-state index is -0.640. The van der Waals surface area contributed by atoms with Gasteiger partial charge in [-0.05, 0) is 41.5 Å². The molecule has 0 bridgehead atoms. The van der Waals surface area contributed by atoms with Crippen molar-refractivity contribution in [2.75, 3.05) is 13.7 Å². The van der Waals surface area contributed by atoms with Crippen molar-refractivity contribution in [1.29, 1.82) is 0 Å². The van der Waals surface area contributed by atoms with Gasteiger partial charge in [0.25, 0.3) is 5.91 Å². The molecule has 9 heteroatoms. The number of aliphatic hydroxyl groups excluding tert-OH is 1. The van der Waals surface area contributed by atoms with Gasteiger partial charge >= 0.3 is 0 Å². The average Bonchev–Trinajstić information content (AvgIpc) is 3.33. The van der Waals surface area contributed by atoms with E-state index in [4.69, 9.17) is 21.1 Å². The molecule has 0 aliphatic carbocycles. The Bertz CT molecular complexity index is 1400. The number of methoxy groups -OCH3 is 1. The van der Waals surface area contributed by atoms with E-state index in [1.165, 1.54) is 11.3 Å². The monoisotopic (exact) mass is 526 g/mol. The number of hydrogen-bond donors (Lipinski definition) is 2. The first-order valence-electron chi connectivity index (χ1n) is 11.4. The van der Waals surface area contributed by atoms with Crippen LogP contribution >= 0.6 is 22.9 Å². The molecule has 4 aromatic rings. The number of pyridine rings is 1. The second kappa shape index (κ2) is 11.7. The van der Waals surface area contributed by atoms with Crippen LogP contribution in [0.15, 0.2) is 65.6 Å². The summed E-state index contributed by atoms with van der Waals surface area (Å²) in [7, 11) is 3.41. The third kappa shape index (κ3) is 6.14. The maximum absolute atomic E-state index is 13.0. The lowest BCUT2D eigenvalue weighted by molar-refractivity contribution is 0.0745. The highest BCUT2D eigenvalue weighted by Gasteiger charge is 2.17. The van der Waals surface area contributed by atoms with Gasteiger partial charge in [-0.1, -0.05) is 35.9 Å². The molecule has 2 aromatic carbocycles. The third-order valence-electron chi connectivity index (χ3n) is 5.79. The Hall–Kier alpha value is -3.17. The van der Waals surface area contributed by atoms with Crippen molar-refractivity contribution in [3.63, 3.8) is 0 Å². The largest absolute Gasteiger partial charge is 0.497 e. The number of hydrogen-bond acceptors (Lipinski definition) is 6. The fourth-order valence-corrected chi connectivity index (χ4v) is 4.94. The number of amides is 1. The molecule has 1 atom stereocenters. The zero-order valence-corrected chi connectivity index (χ0v) is 21.6. The molecule has 36 heavy (non-hydrogen) atoms. The molecule has 7 nitrogen and oxygen atoms in total. The zero-order chi connectivity index (χ0) is 25.7. The Kier molecular flexibility index (Phi) is 8.43. The van der Waals surface area contributed by atoms with E-state index in [-0.39, 0.29) is 11.0 Å². The summed E-state index contributed by atoms with van der Waals surface area (Å²) in [5, 5.41) is 14.3. The summed E-state index contributed by atoms with van der Waals surface area (Å²) in [6.07, 6.45) is 1.36. The Labute approximate surface area is 217 Å². The highest BCUT2D eigenvalue weighted by atomic mass is 35.5. The summed E-state index contributed by atoms with van der Waals surface area (Å²) in [5.41, 5.74) is 1.46. The molecule has 2 heterocycles. The van der Waals surface area contributed by atoms with Gasteiger partial charge < -0.3 is 24.5 Å². The fourth-order valence-electron chi connectivity index (χ4n) is 3.79. The number of fused-ring (bicyclic) bond motifs is 1. The fraction of sp³-hybridized carbons (Fsp3) is 0.259. The minimum Gasteiger partial charge on any atom is -0.497 e. The summed E-state index contributed by atoms with van der Waals surface area (Å²) in [5.74, 6) is 0.309. The molecule has 0 saturated heterocycles. The number of ether oxygens (including phenoxy) is 2. The van der Waals surface area contributed by atoms with Crippen molar-refractivity contribution in [3.05, 3.63) is 97.6 Å². The van der Waals surface area contributed by atoms with Crippen molar-refractivity contribution in [1.82, 2.24) is 9.88 Å². The van der Waals surface area contributed by atoms with Crippen molar-refractivity contribution >= 4 is 39.1 Å². The molecular weight excluding hydrogens is 500 g/mol. The number of carbonyl (C=O) groups is 1. The zero-order valence-electron chi connectivity index (χ0n) is 20.0. The first kappa shape index (κ1) is 25.9.